The van der Waals surface area contributed by atoms with Crippen LogP contribution >= 0.6 is 11.8 Å². The number of aliphatic hydroxyl groups excluding tert-OH is 2. The maximum Gasteiger partial charge on any atom is 0.254 e. The molecule has 6 atom stereocenters. The number of aliphatic hydroxyl groups is 2. The van der Waals surface area contributed by atoms with Crippen molar-refractivity contribution in [1.29, 1.82) is 0 Å². The summed E-state index contributed by atoms with van der Waals surface area (Å²) in [5.41, 5.74) is 2.81. The predicted molar refractivity (Wildman–Crippen MR) is 244 cm³/mol. The number of amides is 1. The number of rotatable bonds is 19. The average molecular weight is 847 g/mol. The van der Waals surface area contributed by atoms with E-state index in [0.29, 0.717) is 37.2 Å². The fourth-order valence-electron chi connectivity index (χ4n) is 9.51. The molecule has 324 valence electrons. The molecular weight excluding hydrogens is 785 g/mol. The highest BCUT2D eigenvalue weighted by atomic mass is 32.2. The molecule has 1 fully saturated rings. The van der Waals surface area contributed by atoms with Crippen LogP contribution in [0.15, 0.2) is 125 Å². The SMILES string of the molecule is C=CCO[C@@]12Oc3ccc(OCCSc4ccccc4)cc3[C@H]3[C@H](CCCCO)[C@@H](CCCCO)C=C(C(=NOC(C)(C)C)C[C@@H]1N(C)C(=O)c1ccc4ccccc4c1)[C@H]32. The van der Waals surface area contributed by atoms with E-state index in [9.17, 15) is 15.0 Å². The number of ether oxygens (including phenoxy) is 3. The van der Waals surface area contributed by atoms with E-state index in [-0.39, 0.29) is 43.5 Å². The number of unbranched alkanes of at least 4 members (excludes halogenated alkanes) is 2. The van der Waals surface area contributed by atoms with Gasteiger partial charge in [0.1, 0.15) is 23.1 Å². The molecule has 0 aromatic heterocycles. The zero-order chi connectivity index (χ0) is 43.0. The van der Waals surface area contributed by atoms with E-state index in [1.165, 1.54) is 4.90 Å². The molecule has 0 spiro atoms. The second-order valence-electron chi connectivity index (χ2n) is 17.5. The van der Waals surface area contributed by atoms with Gasteiger partial charge in [-0.05, 0) is 117 Å². The molecule has 0 radical (unpaired) electrons. The van der Waals surface area contributed by atoms with Gasteiger partial charge in [-0.25, -0.2) is 0 Å². The number of likely N-dealkylation sites (N-methyl/N-ethyl adjacent to an activating group) is 1. The summed E-state index contributed by atoms with van der Waals surface area (Å²) < 4.78 is 20.9. The number of benzene rings is 4. The highest BCUT2D eigenvalue weighted by Crippen LogP contribution is 2.62. The minimum Gasteiger partial charge on any atom is -0.493 e. The predicted octanol–water partition coefficient (Wildman–Crippen LogP) is 10.2. The van der Waals surface area contributed by atoms with Crippen molar-refractivity contribution >= 4 is 34.2 Å². The Morgan fingerprint density at radius 2 is 1.69 bits per heavy atom. The van der Waals surface area contributed by atoms with Crippen molar-refractivity contribution in [2.24, 2.45) is 22.9 Å². The Balaban J connectivity index is 1.37. The number of oxime groups is 1. The van der Waals surface area contributed by atoms with Crippen LogP contribution in [0.2, 0.25) is 0 Å². The van der Waals surface area contributed by atoms with E-state index in [2.05, 4.69) is 30.9 Å². The number of hydrogen-bond donors (Lipinski definition) is 2. The average Bonchev–Trinajstić information content (AvgIpc) is 3.27. The van der Waals surface area contributed by atoms with E-state index < -0.39 is 23.3 Å². The molecule has 1 heterocycles. The molecule has 1 amide bonds. The van der Waals surface area contributed by atoms with Gasteiger partial charge < -0.3 is 34.2 Å². The molecule has 2 aliphatic carbocycles. The first-order valence-corrected chi connectivity index (χ1v) is 22.9. The summed E-state index contributed by atoms with van der Waals surface area (Å²) in [6.07, 6.45) is 9.26. The first-order chi connectivity index (χ1) is 29.6. The van der Waals surface area contributed by atoms with Gasteiger partial charge in [-0.2, -0.15) is 0 Å². The zero-order valence-corrected chi connectivity index (χ0v) is 36.9. The van der Waals surface area contributed by atoms with Crippen molar-refractivity contribution < 1.29 is 34.1 Å². The monoisotopic (exact) mass is 846 g/mol. The van der Waals surface area contributed by atoms with Crippen molar-refractivity contribution in [3.8, 4) is 11.5 Å². The van der Waals surface area contributed by atoms with Gasteiger partial charge in [0.25, 0.3) is 5.91 Å². The molecule has 4 aromatic carbocycles. The zero-order valence-electron chi connectivity index (χ0n) is 36.1. The molecule has 10 heteroatoms. The summed E-state index contributed by atoms with van der Waals surface area (Å²) in [5, 5.41) is 26.9. The fourth-order valence-corrected chi connectivity index (χ4v) is 10.3. The number of thioether (sulfide) groups is 1. The summed E-state index contributed by atoms with van der Waals surface area (Å²) in [6, 6.07) is 29.7. The van der Waals surface area contributed by atoms with Crippen LogP contribution < -0.4 is 9.47 Å². The van der Waals surface area contributed by atoms with Gasteiger partial charge in [-0.3, -0.25) is 4.79 Å². The Hall–Kier alpha value is -4.61. The Kier molecular flexibility index (Phi) is 14.6. The lowest BCUT2D eigenvalue weighted by Crippen LogP contribution is -2.69. The maximum absolute atomic E-state index is 14.8. The number of fused-ring (bicyclic) bond motifs is 3. The van der Waals surface area contributed by atoms with E-state index in [1.807, 2.05) is 101 Å². The Morgan fingerprint density at radius 3 is 2.43 bits per heavy atom. The lowest BCUT2D eigenvalue weighted by molar-refractivity contribution is -0.252. The third-order valence-corrected chi connectivity index (χ3v) is 13.2. The van der Waals surface area contributed by atoms with E-state index in [4.69, 9.17) is 24.2 Å². The van der Waals surface area contributed by atoms with Crippen LogP contribution in [-0.2, 0) is 9.57 Å². The van der Waals surface area contributed by atoms with E-state index in [0.717, 1.165) is 64.8 Å². The minimum atomic E-state index is -1.33. The summed E-state index contributed by atoms with van der Waals surface area (Å²) in [7, 11) is 1.84. The number of carbonyl (C=O) groups excluding carboxylic acids is 1. The smallest absolute Gasteiger partial charge is 0.254 e. The molecule has 0 bridgehead atoms. The van der Waals surface area contributed by atoms with Gasteiger partial charge in [0, 0.05) is 54.4 Å². The van der Waals surface area contributed by atoms with Gasteiger partial charge >= 0.3 is 0 Å². The molecule has 0 saturated heterocycles. The van der Waals surface area contributed by atoms with Crippen LogP contribution in [0.25, 0.3) is 10.8 Å². The quantitative estimate of drug-likeness (QED) is 0.0416. The molecule has 0 unspecified atom stereocenters. The van der Waals surface area contributed by atoms with Crippen LogP contribution in [0.3, 0.4) is 0 Å². The van der Waals surface area contributed by atoms with Gasteiger partial charge in [0.15, 0.2) is 0 Å². The van der Waals surface area contributed by atoms with Crippen molar-refractivity contribution in [3.05, 3.63) is 126 Å². The fraction of sp³-hybridized carbons (Fsp3) is 0.451. The van der Waals surface area contributed by atoms with Crippen LogP contribution in [0.4, 0.5) is 0 Å². The highest BCUT2D eigenvalue weighted by molar-refractivity contribution is 7.99. The second kappa shape index (κ2) is 20.1. The summed E-state index contributed by atoms with van der Waals surface area (Å²) in [5.74, 6) is 0.469. The largest absolute Gasteiger partial charge is 0.493 e. The standard InChI is InChI=1S/C51H62N2O7S/c1-6-28-58-51-46(53(5)49(56)38-23-22-35-16-10-11-17-36(35)31-38)34-44(52-60-50(2,3)4)42-32-37(18-12-14-26-54)41(21-13-15-27-55)47(48(42)51)43-33-39(24-25-45(43)59-51)57-29-30-61-40-19-8-7-9-20-40/h6-11,16-17,19-20,22-25,31-33,37,41,46-48,54-55H,1,12-15,18,21,26-30,34H2,2-5H3/t37-,41+,46-,47+,48+,51+/m0/s1. The third kappa shape index (κ3) is 10.0. The third-order valence-electron chi connectivity index (χ3n) is 12.2. The van der Waals surface area contributed by atoms with Crippen LogP contribution in [0.1, 0.15) is 87.6 Å². The molecular formula is C51H62N2O7S. The minimum absolute atomic E-state index is 0.113. The molecule has 1 saturated carbocycles. The normalized spacial score (nSPS) is 23.7. The molecule has 2 N–H and O–H groups in total. The summed E-state index contributed by atoms with van der Waals surface area (Å²) in [6.45, 7) is 11.0. The molecule has 9 nitrogen and oxygen atoms in total. The first kappa shape index (κ1) is 44.4. The van der Waals surface area contributed by atoms with Crippen LogP contribution in [0.5, 0.6) is 11.5 Å². The van der Waals surface area contributed by atoms with Crippen molar-refractivity contribution in [1.82, 2.24) is 4.90 Å². The Morgan fingerprint density at radius 1 is 0.951 bits per heavy atom. The summed E-state index contributed by atoms with van der Waals surface area (Å²) in [4.78, 5) is 24.1. The van der Waals surface area contributed by atoms with E-state index in [1.54, 1.807) is 22.7 Å². The first-order valence-electron chi connectivity index (χ1n) is 21.9. The van der Waals surface area contributed by atoms with E-state index >= 15 is 0 Å². The number of nitrogens with zero attached hydrogens (tertiary/aromatic N) is 2. The Bertz CT molecular complexity index is 2180. The number of allylic oxidation sites excluding steroid dienone is 1. The molecule has 7 rings (SSSR count). The van der Waals surface area contributed by atoms with Gasteiger partial charge in [-0.1, -0.05) is 78.7 Å². The van der Waals surface area contributed by atoms with Crippen LogP contribution in [0, 0.1) is 17.8 Å². The lowest BCUT2D eigenvalue weighted by atomic mass is 9.55. The molecule has 3 aliphatic rings. The van der Waals surface area contributed by atoms with Gasteiger partial charge in [-0.15, -0.1) is 18.3 Å². The lowest BCUT2D eigenvalue weighted by Gasteiger charge is -2.59. The number of carbonyl (C=O) groups is 1. The van der Waals surface area contributed by atoms with Gasteiger partial charge in [0.05, 0.1) is 24.8 Å². The maximum atomic E-state index is 14.8. The Labute approximate surface area is 365 Å². The topological polar surface area (TPSA) is 110 Å². The van der Waals surface area contributed by atoms with Gasteiger partial charge in [0.2, 0.25) is 5.79 Å². The number of hydrogen-bond acceptors (Lipinski definition) is 9. The highest BCUT2D eigenvalue weighted by Gasteiger charge is 2.65. The van der Waals surface area contributed by atoms with Crippen molar-refractivity contribution in [2.45, 2.75) is 94.0 Å². The van der Waals surface area contributed by atoms with Crippen molar-refractivity contribution in [3.63, 3.8) is 0 Å². The molecule has 1 aliphatic heterocycles. The summed E-state index contributed by atoms with van der Waals surface area (Å²) >= 11 is 1.76. The van der Waals surface area contributed by atoms with Crippen LogP contribution in [-0.4, -0.2) is 83.4 Å². The van der Waals surface area contributed by atoms with Crippen molar-refractivity contribution in [2.75, 3.05) is 39.2 Å². The molecule has 61 heavy (non-hydrogen) atoms. The molecule has 4 aromatic rings. The second-order valence-corrected chi connectivity index (χ2v) is 18.6.